The van der Waals surface area contributed by atoms with Gasteiger partial charge in [0.1, 0.15) is 23.6 Å². The molecule has 0 bridgehead atoms. The van der Waals surface area contributed by atoms with E-state index in [0.29, 0.717) is 29.3 Å². The molecule has 3 N–H and O–H groups in total. The number of fused-ring (bicyclic) bond motifs is 1. The first-order valence-electron chi connectivity index (χ1n) is 10.7. The zero-order valence-corrected chi connectivity index (χ0v) is 20.1. The Kier molecular flexibility index (Phi) is 7.40. The molecule has 2 heterocycles. The van der Waals surface area contributed by atoms with Crippen LogP contribution in [0.5, 0.6) is 5.75 Å². The van der Waals surface area contributed by atoms with Gasteiger partial charge in [0.05, 0.1) is 26.6 Å². The molecule has 11 nitrogen and oxygen atoms in total. The lowest BCUT2D eigenvalue weighted by Gasteiger charge is -2.23. The molecule has 2 aromatic carbocycles. The second kappa shape index (κ2) is 10.6. The van der Waals surface area contributed by atoms with E-state index in [4.69, 9.17) is 19.5 Å². The third kappa shape index (κ3) is 5.83. The summed E-state index contributed by atoms with van der Waals surface area (Å²) in [4.78, 5) is 24.5. The van der Waals surface area contributed by atoms with E-state index in [-0.39, 0.29) is 6.61 Å². The van der Waals surface area contributed by atoms with Gasteiger partial charge in [-0.15, -0.1) is 0 Å². The third-order valence-corrected chi connectivity index (χ3v) is 6.78. The minimum atomic E-state index is -3.97. The Morgan fingerprint density at radius 1 is 1.09 bits per heavy atom. The Bertz CT molecular complexity index is 1360. The number of para-hydroxylation sites is 1. The fourth-order valence-corrected chi connectivity index (χ4v) is 4.85. The number of ether oxygens (including phenoxy) is 1. The molecule has 0 saturated heterocycles. The molecule has 0 aliphatic carbocycles. The fraction of sp³-hybridized carbons (Fsp3) is 0.217. The number of methoxy groups -OCH3 is 1. The second-order valence-corrected chi connectivity index (χ2v) is 9.32. The van der Waals surface area contributed by atoms with Crippen LogP contribution in [0, 0.1) is 0 Å². The molecule has 0 saturated carbocycles. The number of esters is 1. The second-order valence-electron chi connectivity index (χ2n) is 7.62. The van der Waals surface area contributed by atoms with Gasteiger partial charge in [-0.25, -0.2) is 19.5 Å². The molecule has 0 aliphatic rings. The zero-order chi connectivity index (χ0) is 24.8. The summed E-state index contributed by atoms with van der Waals surface area (Å²) in [5, 5.41) is 2.65. The van der Waals surface area contributed by atoms with Crippen molar-refractivity contribution in [3.05, 3.63) is 78.4 Å². The summed E-state index contributed by atoms with van der Waals surface area (Å²) in [7, 11) is -2.72. The molecule has 12 heteroatoms. The van der Waals surface area contributed by atoms with E-state index in [1.807, 2.05) is 28.8 Å². The number of benzene rings is 2. The van der Waals surface area contributed by atoms with Gasteiger partial charge in [-0.1, -0.05) is 42.5 Å². The average molecular weight is 496 g/mol. The molecule has 2 aromatic heterocycles. The normalized spacial score (nSPS) is 13.8. The van der Waals surface area contributed by atoms with Gasteiger partial charge < -0.3 is 19.6 Å². The maximum absolute atomic E-state index is 13.6. The summed E-state index contributed by atoms with van der Waals surface area (Å²) in [6.45, 7) is 1.88. The van der Waals surface area contributed by atoms with Crippen molar-refractivity contribution in [2.75, 3.05) is 12.8 Å². The molecule has 4 rings (SSSR count). The van der Waals surface area contributed by atoms with Crippen molar-refractivity contribution in [1.82, 2.24) is 24.6 Å². The van der Waals surface area contributed by atoms with Crippen LogP contribution in [0.3, 0.4) is 0 Å². The first-order valence-corrected chi connectivity index (χ1v) is 12.3. The molecule has 2 unspecified atom stereocenters. The number of hydrogen-bond donors (Lipinski definition) is 2. The number of hydrogen-bond acceptors (Lipinski definition) is 9. The number of anilines is 1. The van der Waals surface area contributed by atoms with Crippen molar-refractivity contribution in [2.24, 2.45) is 0 Å². The van der Waals surface area contributed by atoms with Gasteiger partial charge >= 0.3 is 13.7 Å². The summed E-state index contributed by atoms with van der Waals surface area (Å²) in [5.41, 5.74) is 8.65. The predicted octanol–water partition coefficient (Wildman–Crippen LogP) is 3.31. The zero-order valence-electron chi connectivity index (χ0n) is 19.2. The molecular formula is C23H25N6O5P. The number of nitrogens with one attached hydrogen (secondary N) is 1. The van der Waals surface area contributed by atoms with Crippen LogP contribution in [0.1, 0.15) is 18.1 Å². The first kappa shape index (κ1) is 24.3. The lowest BCUT2D eigenvalue weighted by molar-refractivity contribution is -0.142. The Morgan fingerprint density at radius 2 is 1.80 bits per heavy atom. The number of imidazole rings is 1. The van der Waals surface area contributed by atoms with E-state index in [9.17, 15) is 9.36 Å². The van der Waals surface area contributed by atoms with E-state index < -0.39 is 19.8 Å². The Labute approximate surface area is 201 Å². The van der Waals surface area contributed by atoms with Crippen molar-refractivity contribution < 1.29 is 23.1 Å². The number of nitrogens with zero attached hydrogens (tertiary/aromatic N) is 4. The van der Waals surface area contributed by atoms with Crippen molar-refractivity contribution in [1.29, 1.82) is 0 Å². The quantitative estimate of drug-likeness (QED) is 0.248. The van der Waals surface area contributed by atoms with Crippen LogP contribution in [0.15, 0.2) is 67.3 Å². The molecule has 0 radical (unpaired) electrons. The van der Waals surface area contributed by atoms with E-state index in [0.717, 1.165) is 11.1 Å². The van der Waals surface area contributed by atoms with Crippen LogP contribution in [-0.2, 0) is 31.8 Å². The van der Waals surface area contributed by atoms with Gasteiger partial charge in [-0.2, -0.15) is 5.09 Å². The summed E-state index contributed by atoms with van der Waals surface area (Å²) >= 11 is 0. The SMILES string of the molecule is COC(=O)C(C)NP(=O)(OCc1ccccc1Cn1cnc2c(N)ncnc21)Oc1ccccc1. The van der Waals surface area contributed by atoms with Crippen LogP contribution in [0.4, 0.5) is 5.82 Å². The lowest BCUT2D eigenvalue weighted by atomic mass is 10.1. The van der Waals surface area contributed by atoms with Crippen LogP contribution >= 0.6 is 7.75 Å². The van der Waals surface area contributed by atoms with Crippen LogP contribution in [0.2, 0.25) is 0 Å². The molecule has 2 atom stereocenters. The predicted molar refractivity (Wildman–Crippen MR) is 129 cm³/mol. The van der Waals surface area contributed by atoms with Gasteiger partial charge in [-0.3, -0.25) is 9.32 Å². The van der Waals surface area contributed by atoms with Gasteiger partial charge in [0.25, 0.3) is 0 Å². The molecule has 0 spiro atoms. The van der Waals surface area contributed by atoms with Crippen LogP contribution in [-0.4, -0.2) is 38.6 Å². The topological polar surface area (TPSA) is 143 Å². The smallest absolute Gasteiger partial charge is 0.459 e. The molecule has 35 heavy (non-hydrogen) atoms. The summed E-state index contributed by atoms with van der Waals surface area (Å²) in [6, 6.07) is 15.2. The highest BCUT2D eigenvalue weighted by atomic mass is 31.2. The molecular weight excluding hydrogens is 471 g/mol. The van der Waals surface area contributed by atoms with Gasteiger partial charge in [0, 0.05) is 0 Å². The van der Waals surface area contributed by atoms with E-state index >= 15 is 0 Å². The first-order chi connectivity index (χ1) is 16.9. The van der Waals surface area contributed by atoms with Gasteiger partial charge in [0.2, 0.25) is 0 Å². The average Bonchev–Trinajstić information content (AvgIpc) is 3.27. The van der Waals surface area contributed by atoms with E-state index in [1.165, 1.54) is 20.4 Å². The number of aromatic nitrogens is 4. The monoisotopic (exact) mass is 496 g/mol. The van der Waals surface area contributed by atoms with Gasteiger partial charge in [-0.05, 0) is 30.2 Å². The van der Waals surface area contributed by atoms with E-state index in [2.05, 4.69) is 20.0 Å². The van der Waals surface area contributed by atoms with Crippen molar-refractivity contribution >= 4 is 30.7 Å². The third-order valence-electron chi connectivity index (χ3n) is 5.15. The van der Waals surface area contributed by atoms with Crippen LogP contribution in [0.25, 0.3) is 11.2 Å². The molecule has 0 amide bonds. The Morgan fingerprint density at radius 3 is 2.54 bits per heavy atom. The van der Waals surface area contributed by atoms with Gasteiger partial charge in [0.15, 0.2) is 11.5 Å². The Hall–Kier alpha value is -3.79. The van der Waals surface area contributed by atoms with Crippen molar-refractivity contribution in [3.8, 4) is 5.75 Å². The maximum Gasteiger partial charge on any atom is 0.459 e. The summed E-state index contributed by atoms with van der Waals surface area (Å²) in [5.74, 6) is 0.0325. The maximum atomic E-state index is 13.6. The standard InChI is InChI=1S/C23H25N6O5P/c1-16(23(30)32-2)28-35(31,34-19-10-4-3-5-11-19)33-13-18-9-7-6-8-17(18)12-29-15-27-20-21(24)25-14-26-22(20)29/h3-11,14-16H,12-13H2,1-2H3,(H,28,31)(H2,24,25,26). The highest BCUT2D eigenvalue weighted by Crippen LogP contribution is 2.45. The minimum absolute atomic E-state index is 0.0507. The number of nitrogen functional groups attached to an aromatic ring is 1. The lowest BCUT2D eigenvalue weighted by Crippen LogP contribution is -2.34. The fourth-order valence-electron chi connectivity index (χ4n) is 3.38. The summed E-state index contributed by atoms with van der Waals surface area (Å²) < 4.78 is 31.7. The number of carbonyl (C=O) groups excluding carboxylic acids is 1. The molecule has 0 aliphatic heterocycles. The highest BCUT2D eigenvalue weighted by molar-refractivity contribution is 7.52. The largest absolute Gasteiger partial charge is 0.468 e. The number of carbonyl (C=O) groups is 1. The van der Waals surface area contributed by atoms with Crippen LogP contribution < -0.4 is 15.3 Å². The minimum Gasteiger partial charge on any atom is -0.468 e. The van der Waals surface area contributed by atoms with E-state index in [1.54, 1.807) is 36.7 Å². The van der Waals surface area contributed by atoms with Crippen molar-refractivity contribution in [3.63, 3.8) is 0 Å². The number of rotatable bonds is 10. The summed E-state index contributed by atoms with van der Waals surface area (Å²) in [6.07, 6.45) is 3.02. The molecule has 0 fully saturated rings. The highest BCUT2D eigenvalue weighted by Gasteiger charge is 2.32. The molecule has 4 aromatic rings. The van der Waals surface area contributed by atoms with Crippen molar-refractivity contribution in [2.45, 2.75) is 26.1 Å². The Balaban J connectivity index is 1.56. The molecule has 182 valence electrons. The number of nitrogens with two attached hydrogens (primary N) is 1.